The Kier molecular flexibility index (Phi) is 3.89. The van der Waals surface area contributed by atoms with Crippen LogP contribution in [0.3, 0.4) is 0 Å². The maximum absolute atomic E-state index is 13.1. The van der Waals surface area contributed by atoms with E-state index < -0.39 is 11.6 Å². The molecule has 1 aromatic heterocycles. The molecule has 20 heavy (non-hydrogen) atoms. The summed E-state index contributed by atoms with van der Waals surface area (Å²) in [5.41, 5.74) is 2.25. The maximum Gasteiger partial charge on any atom is 0.328 e. The number of nitrogens with zero attached hydrogens (tertiary/aromatic N) is 4. The monoisotopic (exact) mass is 282 g/mol. The summed E-state index contributed by atoms with van der Waals surface area (Å²) in [4.78, 5) is 13.4. The maximum atomic E-state index is 13.1. The van der Waals surface area contributed by atoms with Gasteiger partial charge in [0, 0.05) is 32.3 Å². The molecule has 0 radical (unpaired) electrons. The Bertz CT molecular complexity index is 602. The third kappa shape index (κ3) is 3.26. The molecule has 2 aromatic rings. The van der Waals surface area contributed by atoms with Gasteiger partial charge in [-0.3, -0.25) is 5.43 Å². The molecular formula is C11H12F2N6O. The van der Waals surface area contributed by atoms with E-state index in [1.165, 1.54) is 0 Å². The Balaban J connectivity index is 2.34. The zero-order chi connectivity index (χ0) is 14.7. The van der Waals surface area contributed by atoms with E-state index in [4.69, 9.17) is 10.6 Å². The number of nitrogens with two attached hydrogens (primary N) is 1. The lowest BCUT2D eigenvalue weighted by atomic mass is 10.3. The minimum absolute atomic E-state index is 0.0653. The lowest BCUT2D eigenvalue weighted by Crippen LogP contribution is -2.17. The summed E-state index contributed by atoms with van der Waals surface area (Å²) in [6.45, 7) is 0. The smallest absolute Gasteiger partial charge is 0.328 e. The van der Waals surface area contributed by atoms with Gasteiger partial charge in [0.05, 0.1) is 0 Å². The van der Waals surface area contributed by atoms with E-state index in [0.717, 1.165) is 18.2 Å². The lowest BCUT2D eigenvalue weighted by molar-refractivity contribution is 0.431. The van der Waals surface area contributed by atoms with Crippen molar-refractivity contribution < 1.29 is 13.5 Å². The predicted octanol–water partition coefficient (Wildman–Crippen LogP) is 1.29. The highest BCUT2D eigenvalue weighted by molar-refractivity contribution is 5.37. The fraction of sp³-hybridized carbons (Fsp3) is 0.182. The normalized spacial score (nSPS) is 10.2. The summed E-state index contributed by atoms with van der Waals surface area (Å²) in [5, 5.41) is 0. The van der Waals surface area contributed by atoms with Gasteiger partial charge in [-0.15, -0.1) is 0 Å². The van der Waals surface area contributed by atoms with Gasteiger partial charge in [0.2, 0.25) is 11.9 Å². The standard InChI is InChI=1S/C11H12F2N6O/c1-19(2)10-15-9(18-14)16-11(17-10)20-8-4-6(12)3-7(13)5-8/h3-5H,14H2,1-2H3,(H,15,16,17,18). The molecule has 0 spiro atoms. The fourth-order valence-electron chi connectivity index (χ4n) is 1.35. The van der Waals surface area contributed by atoms with Gasteiger partial charge in [-0.25, -0.2) is 14.6 Å². The highest BCUT2D eigenvalue weighted by Gasteiger charge is 2.10. The molecule has 2 rings (SSSR count). The van der Waals surface area contributed by atoms with E-state index in [2.05, 4.69) is 20.4 Å². The van der Waals surface area contributed by atoms with Crippen molar-refractivity contribution in [2.45, 2.75) is 0 Å². The van der Waals surface area contributed by atoms with Crippen LogP contribution in [0.25, 0.3) is 0 Å². The van der Waals surface area contributed by atoms with Crippen molar-refractivity contribution in [3.05, 3.63) is 29.8 Å². The summed E-state index contributed by atoms with van der Waals surface area (Å²) in [6, 6.07) is 2.62. The number of hydrogen-bond donors (Lipinski definition) is 2. The first kappa shape index (κ1) is 13.9. The molecule has 106 valence electrons. The van der Waals surface area contributed by atoms with Crippen LogP contribution in [0, 0.1) is 11.6 Å². The van der Waals surface area contributed by atoms with Gasteiger partial charge < -0.3 is 9.64 Å². The largest absolute Gasteiger partial charge is 0.424 e. The highest BCUT2D eigenvalue weighted by atomic mass is 19.1. The number of anilines is 2. The second kappa shape index (κ2) is 5.61. The van der Waals surface area contributed by atoms with Crippen LogP contribution in [0.2, 0.25) is 0 Å². The molecular weight excluding hydrogens is 270 g/mol. The molecule has 0 aliphatic rings. The first-order chi connectivity index (χ1) is 9.47. The average molecular weight is 282 g/mol. The van der Waals surface area contributed by atoms with E-state index in [9.17, 15) is 8.78 Å². The van der Waals surface area contributed by atoms with Crippen LogP contribution in [-0.4, -0.2) is 29.0 Å². The van der Waals surface area contributed by atoms with Crippen molar-refractivity contribution in [2.24, 2.45) is 5.84 Å². The topological polar surface area (TPSA) is 89.2 Å². The van der Waals surface area contributed by atoms with Crippen LogP contribution in [0.4, 0.5) is 20.7 Å². The quantitative estimate of drug-likeness (QED) is 0.645. The summed E-state index contributed by atoms with van der Waals surface area (Å²) in [7, 11) is 3.42. The molecule has 7 nitrogen and oxygen atoms in total. The van der Waals surface area contributed by atoms with Crippen LogP contribution in [-0.2, 0) is 0 Å². The average Bonchev–Trinajstić information content (AvgIpc) is 2.36. The van der Waals surface area contributed by atoms with Crippen LogP contribution >= 0.6 is 0 Å². The number of nitrogens with one attached hydrogen (secondary N) is 1. The van der Waals surface area contributed by atoms with Gasteiger partial charge in [-0.1, -0.05) is 0 Å². The molecule has 0 unspecified atom stereocenters. The van der Waals surface area contributed by atoms with Gasteiger partial charge in [-0.2, -0.15) is 15.0 Å². The minimum atomic E-state index is -0.765. The molecule has 0 bridgehead atoms. The number of ether oxygens (including phenoxy) is 1. The summed E-state index contributed by atoms with van der Waals surface area (Å²) in [5.74, 6) is 3.98. The third-order valence-electron chi connectivity index (χ3n) is 2.18. The number of hydrogen-bond acceptors (Lipinski definition) is 7. The molecule has 9 heteroatoms. The van der Waals surface area contributed by atoms with E-state index >= 15 is 0 Å². The number of aromatic nitrogens is 3. The zero-order valence-electron chi connectivity index (χ0n) is 10.8. The van der Waals surface area contributed by atoms with Crippen LogP contribution in [0.1, 0.15) is 0 Å². The Hall–Kier alpha value is -2.55. The second-order valence-electron chi connectivity index (χ2n) is 3.99. The number of nitrogen functional groups attached to an aromatic ring is 1. The van der Waals surface area contributed by atoms with Crippen LogP contribution in [0.5, 0.6) is 11.8 Å². The summed E-state index contributed by atoms with van der Waals surface area (Å²) >= 11 is 0. The third-order valence-corrected chi connectivity index (χ3v) is 2.18. The highest BCUT2D eigenvalue weighted by Crippen LogP contribution is 2.22. The fourth-order valence-corrected chi connectivity index (χ4v) is 1.35. The molecule has 1 heterocycles. The van der Waals surface area contributed by atoms with Gasteiger partial charge in [0.1, 0.15) is 17.4 Å². The zero-order valence-corrected chi connectivity index (χ0v) is 10.8. The number of halogens is 2. The predicted molar refractivity (Wildman–Crippen MR) is 68.4 cm³/mol. The summed E-state index contributed by atoms with van der Waals surface area (Å²) < 4.78 is 31.3. The molecule has 0 saturated carbocycles. The van der Waals surface area contributed by atoms with E-state index in [-0.39, 0.29) is 23.7 Å². The van der Waals surface area contributed by atoms with Gasteiger partial charge in [0.25, 0.3) is 0 Å². The van der Waals surface area contributed by atoms with Crippen LogP contribution < -0.4 is 20.9 Å². The van der Waals surface area contributed by atoms with Crippen molar-refractivity contribution in [3.63, 3.8) is 0 Å². The molecule has 3 N–H and O–H groups in total. The Morgan fingerprint density at radius 1 is 1.10 bits per heavy atom. The molecule has 0 amide bonds. The summed E-state index contributed by atoms with van der Waals surface area (Å²) in [6.07, 6.45) is 0. The Labute approximate surface area is 113 Å². The molecule has 1 aromatic carbocycles. The van der Waals surface area contributed by atoms with Crippen molar-refractivity contribution in [2.75, 3.05) is 24.4 Å². The second-order valence-corrected chi connectivity index (χ2v) is 3.99. The molecule has 0 fully saturated rings. The number of rotatable bonds is 4. The number of benzene rings is 1. The molecule has 0 aliphatic carbocycles. The van der Waals surface area contributed by atoms with Gasteiger partial charge >= 0.3 is 6.01 Å². The van der Waals surface area contributed by atoms with Gasteiger partial charge in [0.15, 0.2) is 0 Å². The van der Waals surface area contributed by atoms with Crippen molar-refractivity contribution in [3.8, 4) is 11.8 Å². The first-order valence-electron chi connectivity index (χ1n) is 5.52. The van der Waals surface area contributed by atoms with E-state index in [1.54, 1.807) is 19.0 Å². The van der Waals surface area contributed by atoms with Crippen LogP contribution in [0.15, 0.2) is 18.2 Å². The molecule has 0 saturated heterocycles. The Morgan fingerprint density at radius 3 is 2.30 bits per heavy atom. The van der Waals surface area contributed by atoms with E-state index in [1.807, 2.05) is 0 Å². The van der Waals surface area contributed by atoms with E-state index in [0.29, 0.717) is 0 Å². The van der Waals surface area contributed by atoms with Crippen molar-refractivity contribution in [1.29, 1.82) is 0 Å². The lowest BCUT2D eigenvalue weighted by Gasteiger charge is -2.12. The Morgan fingerprint density at radius 2 is 1.75 bits per heavy atom. The molecule has 0 aliphatic heterocycles. The number of hydrazine groups is 1. The molecule has 0 atom stereocenters. The van der Waals surface area contributed by atoms with Gasteiger partial charge in [-0.05, 0) is 0 Å². The minimum Gasteiger partial charge on any atom is -0.424 e. The SMILES string of the molecule is CN(C)c1nc(NN)nc(Oc2cc(F)cc(F)c2)n1. The van der Waals surface area contributed by atoms with Crippen molar-refractivity contribution >= 4 is 11.9 Å². The first-order valence-corrected chi connectivity index (χ1v) is 5.52. The van der Waals surface area contributed by atoms with Crippen molar-refractivity contribution in [1.82, 2.24) is 15.0 Å².